The highest BCUT2D eigenvalue weighted by molar-refractivity contribution is 6.00. The second-order valence-corrected chi connectivity index (χ2v) is 6.82. The van der Waals surface area contributed by atoms with Crippen LogP contribution in [0.3, 0.4) is 0 Å². The lowest BCUT2D eigenvalue weighted by atomic mass is 9.69. The number of benzene rings is 1. The molecule has 2 aliphatic rings. The molecule has 0 fully saturated rings. The minimum Gasteiger partial charge on any atom is -0.457 e. The molecule has 1 aromatic carbocycles. The van der Waals surface area contributed by atoms with Gasteiger partial charge in [0.05, 0.1) is 4.92 Å². The zero-order chi connectivity index (χ0) is 20.9. The van der Waals surface area contributed by atoms with Crippen molar-refractivity contribution in [2.45, 2.75) is 44.1 Å². The van der Waals surface area contributed by atoms with Crippen molar-refractivity contribution in [2.75, 3.05) is 0 Å². The molecule has 1 N–H and O–H groups in total. The van der Waals surface area contributed by atoms with Crippen LogP contribution >= 0.6 is 0 Å². The summed E-state index contributed by atoms with van der Waals surface area (Å²) in [7, 11) is 0. The first-order chi connectivity index (χ1) is 13.0. The van der Waals surface area contributed by atoms with E-state index in [0.717, 1.165) is 19.1 Å². The van der Waals surface area contributed by atoms with E-state index >= 15 is 0 Å². The topological polar surface area (TPSA) is 107 Å². The lowest BCUT2D eigenvalue weighted by Gasteiger charge is -2.46. The molecule has 1 aromatic rings. The molecule has 0 saturated carbocycles. The van der Waals surface area contributed by atoms with Crippen LogP contribution in [0, 0.1) is 16.0 Å². The number of aliphatic hydroxyl groups is 1. The van der Waals surface area contributed by atoms with Crippen LogP contribution in [0.4, 0.5) is 18.9 Å². The molecule has 3 rings (SSSR count). The van der Waals surface area contributed by atoms with Crippen LogP contribution in [0.2, 0.25) is 0 Å². The first kappa shape index (κ1) is 20.0. The van der Waals surface area contributed by atoms with Gasteiger partial charge in [-0.05, 0) is 18.9 Å². The third-order valence-electron chi connectivity index (χ3n) is 5.06. The Hall–Kier alpha value is -2.75. The third-order valence-corrected chi connectivity index (χ3v) is 5.06. The number of non-ortho nitro benzene ring substituents is 1. The van der Waals surface area contributed by atoms with Crippen molar-refractivity contribution in [3.8, 4) is 0 Å². The van der Waals surface area contributed by atoms with Gasteiger partial charge < -0.3 is 9.84 Å². The van der Waals surface area contributed by atoms with E-state index in [9.17, 15) is 38.0 Å². The Morgan fingerprint density at radius 3 is 2.39 bits per heavy atom. The fourth-order valence-corrected chi connectivity index (χ4v) is 3.84. The number of halogens is 3. The van der Waals surface area contributed by atoms with E-state index in [0.29, 0.717) is 0 Å². The molecule has 7 nitrogen and oxygen atoms in total. The van der Waals surface area contributed by atoms with Crippen molar-refractivity contribution in [2.24, 2.45) is 5.92 Å². The van der Waals surface area contributed by atoms with Gasteiger partial charge in [-0.3, -0.25) is 19.7 Å². The van der Waals surface area contributed by atoms with Gasteiger partial charge >= 0.3 is 12.0 Å². The molecule has 0 radical (unpaired) electrons. The number of nitro groups is 1. The average molecular weight is 399 g/mol. The molecule has 0 amide bonds. The Labute approximate surface area is 156 Å². The van der Waals surface area contributed by atoms with Crippen molar-refractivity contribution in [1.29, 1.82) is 0 Å². The monoisotopic (exact) mass is 399 g/mol. The standard InChI is InChI=1S/C18H16F3NO6/c1-9(23)16-14(10-5-7-11(8-6-10)22(26)27)15-12(24)3-2-4-13(15)28-17(16,25)18(19,20)21/h5-8,14,16,25H,2-4H2,1H3. The predicted molar refractivity (Wildman–Crippen MR) is 88.0 cm³/mol. The normalized spacial score (nSPS) is 27.8. The van der Waals surface area contributed by atoms with Crippen molar-refractivity contribution < 1.29 is 37.5 Å². The zero-order valence-electron chi connectivity index (χ0n) is 14.7. The molecule has 10 heteroatoms. The lowest BCUT2D eigenvalue weighted by Crippen LogP contribution is -2.60. The van der Waals surface area contributed by atoms with E-state index in [1.807, 2.05) is 0 Å². The van der Waals surface area contributed by atoms with Crippen LogP contribution in [0.25, 0.3) is 0 Å². The van der Waals surface area contributed by atoms with E-state index < -0.39 is 40.3 Å². The third kappa shape index (κ3) is 3.07. The van der Waals surface area contributed by atoms with Gasteiger partial charge in [-0.25, -0.2) is 0 Å². The molecule has 3 unspecified atom stereocenters. The van der Waals surface area contributed by atoms with Crippen LogP contribution in [0.1, 0.15) is 37.7 Å². The molecule has 0 saturated heterocycles. The first-order valence-electron chi connectivity index (χ1n) is 8.46. The number of carbonyl (C=O) groups is 2. The number of ether oxygens (including phenoxy) is 1. The fraction of sp³-hybridized carbons (Fsp3) is 0.444. The number of carbonyl (C=O) groups excluding carboxylic acids is 2. The Kier molecular flexibility index (Phi) is 4.78. The quantitative estimate of drug-likeness (QED) is 0.618. The summed E-state index contributed by atoms with van der Waals surface area (Å²) in [5, 5.41) is 21.3. The molecule has 0 spiro atoms. The molecule has 1 aliphatic heterocycles. The molecular formula is C18H16F3NO6. The fourth-order valence-electron chi connectivity index (χ4n) is 3.84. The number of ketones is 2. The molecule has 1 aliphatic carbocycles. The van der Waals surface area contributed by atoms with E-state index in [2.05, 4.69) is 0 Å². The average Bonchev–Trinajstić information content (AvgIpc) is 2.59. The molecule has 150 valence electrons. The number of Topliss-reactive ketones (excluding diaryl/α,β-unsaturated/α-hetero) is 2. The van der Waals surface area contributed by atoms with Crippen LogP contribution in [0.5, 0.6) is 0 Å². The summed E-state index contributed by atoms with van der Waals surface area (Å²) >= 11 is 0. The number of allylic oxidation sites excluding steroid dienone is 2. The highest BCUT2D eigenvalue weighted by atomic mass is 19.4. The molecule has 0 bridgehead atoms. The van der Waals surface area contributed by atoms with Crippen LogP contribution in [0.15, 0.2) is 35.6 Å². The minimum atomic E-state index is -5.30. The highest BCUT2D eigenvalue weighted by Gasteiger charge is 2.68. The van der Waals surface area contributed by atoms with Crippen LogP contribution in [-0.4, -0.2) is 33.6 Å². The number of nitro benzene ring substituents is 1. The van der Waals surface area contributed by atoms with E-state index in [4.69, 9.17) is 4.74 Å². The Morgan fingerprint density at radius 2 is 1.89 bits per heavy atom. The van der Waals surface area contributed by atoms with Gasteiger partial charge in [0, 0.05) is 36.5 Å². The molecule has 0 aromatic heterocycles. The van der Waals surface area contributed by atoms with Crippen molar-refractivity contribution >= 4 is 17.3 Å². The van der Waals surface area contributed by atoms with Gasteiger partial charge in [-0.2, -0.15) is 13.2 Å². The second kappa shape index (κ2) is 6.69. The molecular weight excluding hydrogens is 383 g/mol. The zero-order valence-corrected chi connectivity index (χ0v) is 14.7. The smallest absolute Gasteiger partial charge is 0.456 e. The summed E-state index contributed by atoms with van der Waals surface area (Å²) in [6.07, 6.45) is -4.97. The van der Waals surface area contributed by atoms with Crippen molar-refractivity contribution in [3.05, 3.63) is 51.3 Å². The second-order valence-electron chi connectivity index (χ2n) is 6.82. The van der Waals surface area contributed by atoms with Crippen LogP contribution < -0.4 is 0 Å². The summed E-state index contributed by atoms with van der Waals surface area (Å²) in [6, 6.07) is 4.52. The largest absolute Gasteiger partial charge is 0.457 e. The maximum Gasteiger partial charge on any atom is 0.456 e. The number of nitrogens with zero attached hydrogens (tertiary/aromatic N) is 1. The predicted octanol–water partition coefficient (Wildman–Crippen LogP) is 3.17. The van der Waals surface area contributed by atoms with Crippen molar-refractivity contribution in [3.63, 3.8) is 0 Å². The van der Waals surface area contributed by atoms with Crippen LogP contribution in [-0.2, 0) is 14.3 Å². The summed E-state index contributed by atoms with van der Waals surface area (Å²) in [5.41, 5.74) is -0.306. The number of hydrogen-bond donors (Lipinski definition) is 1. The van der Waals surface area contributed by atoms with Crippen molar-refractivity contribution in [1.82, 2.24) is 0 Å². The summed E-state index contributed by atoms with van der Waals surface area (Å²) in [5.74, 6) is -9.15. The summed E-state index contributed by atoms with van der Waals surface area (Å²) < 4.78 is 46.0. The van der Waals surface area contributed by atoms with E-state index in [1.54, 1.807) is 0 Å². The summed E-state index contributed by atoms with van der Waals surface area (Å²) in [6.45, 7) is 0.877. The first-order valence-corrected chi connectivity index (χ1v) is 8.46. The number of alkyl halides is 3. The Balaban J connectivity index is 2.25. The summed E-state index contributed by atoms with van der Waals surface area (Å²) in [4.78, 5) is 34.9. The SMILES string of the molecule is CC(=O)C1C(c2ccc([N+](=O)[O-])cc2)C2=C(CCCC2=O)OC1(O)C(F)(F)F. The minimum absolute atomic E-state index is 0.00751. The van der Waals surface area contributed by atoms with E-state index in [1.165, 1.54) is 12.1 Å². The van der Waals surface area contributed by atoms with Gasteiger partial charge in [0.1, 0.15) is 17.5 Å². The molecule has 3 atom stereocenters. The Morgan fingerprint density at radius 1 is 1.29 bits per heavy atom. The van der Waals surface area contributed by atoms with Gasteiger partial charge in [0.25, 0.3) is 5.69 Å². The molecule has 1 heterocycles. The number of rotatable bonds is 3. The van der Waals surface area contributed by atoms with Gasteiger partial charge in [0.2, 0.25) is 0 Å². The maximum absolute atomic E-state index is 13.7. The highest BCUT2D eigenvalue weighted by Crippen LogP contribution is 2.54. The van der Waals surface area contributed by atoms with Gasteiger partial charge in [0.15, 0.2) is 5.78 Å². The number of hydrogen-bond acceptors (Lipinski definition) is 6. The molecule has 28 heavy (non-hydrogen) atoms. The van der Waals surface area contributed by atoms with E-state index in [-0.39, 0.29) is 41.8 Å². The van der Waals surface area contributed by atoms with Gasteiger partial charge in [-0.15, -0.1) is 0 Å². The lowest BCUT2D eigenvalue weighted by molar-refractivity contribution is -0.384. The maximum atomic E-state index is 13.7. The van der Waals surface area contributed by atoms with Gasteiger partial charge in [-0.1, -0.05) is 12.1 Å². The Bertz CT molecular complexity index is 876.